The van der Waals surface area contributed by atoms with Crippen molar-refractivity contribution in [3.63, 3.8) is 0 Å². The molecule has 0 radical (unpaired) electrons. The first-order chi connectivity index (χ1) is 10.1. The predicted octanol–water partition coefficient (Wildman–Crippen LogP) is 1.69. The van der Waals surface area contributed by atoms with Crippen LogP contribution in [0.2, 0.25) is 0 Å². The van der Waals surface area contributed by atoms with E-state index in [0.29, 0.717) is 19.4 Å². The molecule has 4 nitrogen and oxygen atoms in total. The smallest absolute Gasteiger partial charge is 0.245 e. The molecule has 2 amide bonds. The van der Waals surface area contributed by atoms with Gasteiger partial charge in [-0.1, -0.05) is 30.3 Å². The predicted molar refractivity (Wildman–Crippen MR) is 78.5 cm³/mol. The fourth-order valence-electron chi connectivity index (χ4n) is 2.66. The Labute approximate surface area is 124 Å². The number of rotatable bonds is 5. The van der Waals surface area contributed by atoms with Crippen LogP contribution in [-0.4, -0.2) is 42.0 Å². The fraction of sp³-hybridized carbons (Fsp3) is 0.500. The van der Waals surface area contributed by atoms with Crippen LogP contribution >= 0.6 is 0 Å². The van der Waals surface area contributed by atoms with Gasteiger partial charge in [-0.25, -0.2) is 0 Å². The van der Waals surface area contributed by atoms with Crippen LogP contribution in [0.4, 0.5) is 4.39 Å². The van der Waals surface area contributed by atoms with Crippen molar-refractivity contribution in [3.05, 3.63) is 35.9 Å². The highest BCUT2D eigenvalue weighted by atomic mass is 19.1. The molecule has 2 atom stereocenters. The molecule has 5 heteroatoms. The Kier molecular flexibility index (Phi) is 5.31. The lowest BCUT2D eigenvalue weighted by molar-refractivity contribution is -0.135. The molecule has 21 heavy (non-hydrogen) atoms. The topological polar surface area (TPSA) is 49.4 Å². The molecular weight excluding hydrogens is 271 g/mol. The molecule has 114 valence electrons. The molecule has 1 aliphatic rings. The quantitative estimate of drug-likeness (QED) is 0.898. The van der Waals surface area contributed by atoms with Gasteiger partial charge in [0, 0.05) is 25.4 Å². The second kappa shape index (κ2) is 7.20. The Morgan fingerprint density at radius 1 is 1.29 bits per heavy atom. The van der Waals surface area contributed by atoms with Crippen LogP contribution in [0.15, 0.2) is 30.3 Å². The van der Waals surface area contributed by atoms with E-state index in [0.717, 1.165) is 5.56 Å². The highest BCUT2D eigenvalue weighted by molar-refractivity contribution is 5.90. The van der Waals surface area contributed by atoms with Gasteiger partial charge >= 0.3 is 0 Å². The standard InChI is InChI=1S/C16H21FN2O2/c1-12-10-15(20)18-14(11-13-6-3-2-4-7-13)16(21)19(12)9-5-8-17/h2-4,6-7,12,14H,5,8-11H2,1H3,(H,18,20). The molecule has 2 rings (SSSR count). The molecule has 0 aromatic heterocycles. The highest BCUT2D eigenvalue weighted by Gasteiger charge is 2.33. The Balaban J connectivity index is 2.14. The van der Waals surface area contributed by atoms with Crippen LogP contribution in [0, 0.1) is 0 Å². The summed E-state index contributed by atoms with van der Waals surface area (Å²) >= 11 is 0. The monoisotopic (exact) mass is 292 g/mol. The fourth-order valence-corrected chi connectivity index (χ4v) is 2.66. The first kappa shape index (κ1) is 15.5. The van der Waals surface area contributed by atoms with Crippen LogP contribution in [0.1, 0.15) is 25.3 Å². The summed E-state index contributed by atoms with van der Waals surface area (Å²) < 4.78 is 12.4. The minimum Gasteiger partial charge on any atom is -0.344 e. The van der Waals surface area contributed by atoms with E-state index in [2.05, 4.69) is 5.32 Å². The van der Waals surface area contributed by atoms with Gasteiger partial charge in [0.2, 0.25) is 11.8 Å². The summed E-state index contributed by atoms with van der Waals surface area (Å²) in [6, 6.07) is 8.82. The summed E-state index contributed by atoms with van der Waals surface area (Å²) in [6.45, 7) is 1.73. The summed E-state index contributed by atoms with van der Waals surface area (Å²) in [6.07, 6.45) is 1.04. The number of halogens is 1. The summed E-state index contributed by atoms with van der Waals surface area (Å²) in [5.41, 5.74) is 0.996. The van der Waals surface area contributed by atoms with Gasteiger partial charge in [0.1, 0.15) is 6.04 Å². The normalized spacial score (nSPS) is 22.9. The summed E-state index contributed by atoms with van der Waals surface area (Å²) in [7, 11) is 0. The van der Waals surface area contributed by atoms with Crippen molar-refractivity contribution >= 4 is 11.8 Å². The average Bonchev–Trinajstić information content (AvgIpc) is 2.56. The van der Waals surface area contributed by atoms with E-state index < -0.39 is 12.7 Å². The lowest BCUT2D eigenvalue weighted by atomic mass is 10.0. The van der Waals surface area contributed by atoms with Gasteiger partial charge in [-0.15, -0.1) is 0 Å². The van der Waals surface area contributed by atoms with E-state index in [1.807, 2.05) is 37.3 Å². The molecule has 1 aromatic rings. The summed E-state index contributed by atoms with van der Waals surface area (Å²) in [4.78, 5) is 26.1. The molecular formula is C16H21FN2O2. The Hall–Kier alpha value is -1.91. The summed E-state index contributed by atoms with van der Waals surface area (Å²) in [5.74, 6) is -0.245. The molecule has 0 aliphatic carbocycles. The number of nitrogens with one attached hydrogen (secondary N) is 1. The molecule has 0 bridgehead atoms. The van der Waals surface area contributed by atoms with Crippen LogP contribution in [-0.2, 0) is 16.0 Å². The lowest BCUT2D eigenvalue weighted by Gasteiger charge is -2.28. The Morgan fingerprint density at radius 3 is 2.67 bits per heavy atom. The second-order valence-corrected chi connectivity index (χ2v) is 5.44. The van der Waals surface area contributed by atoms with Crippen molar-refractivity contribution in [1.82, 2.24) is 10.2 Å². The first-order valence-corrected chi connectivity index (χ1v) is 7.31. The largest absolute Gasteiger partial charge is 0.344 e. The molecule has 1 aromatic carbocycles. The number of carbonyl (C=O) groups excluding carboxylic acids is 2. The second-order valence-electron chi connectivity index (χ2n) is 5.44. The average molecular weight is 292 g/mol. The van der Waals surface area contributed by atoms with E-state index in [1.54, 1.807) is 4.90 Å². The van der Waals surface area contributed by atoms with Crippen molar-refractivity contribution in [3.8, 4) is 0 Å². The maximum absolute atomic E-state index is 12.6. The van der Waals surface area contributed by atoms with Gasteiger partial charge in [0.05, 0.1) is 6.67 Å². The molecule has 1 N–H and O–H groups in total. The van der Waals surface area contributed by atoms with E-state index in [1.165, 1.54) is 0 Å². The molecule has 0 saturated carbocycles. The minimum absolute atomic E-state index is 0.120. The van der Waals surface area contributed by atoms with E-state index in [-0.39, 0.29) is 24.3 Å². The number of carbonyl (C=O) groups is 2. The van der Waals surface area contributed by atoms with Crippen LogP contribution in [0.3, 0.4) is 0 Å². The zero-order valence-electron chi connectivity index (χ0n) is 12.2. The van der Waals surface area contributed by atoms with Gasteiger partial charge in [-0.2, -0.15) is 0 Å². The maximum Gasteiger partial charge on any atom is 0.245 e. The van der Waals surface area contributed by atoms with Crippen LogP contribution in [0.25, 0.3) is 0 Å². The minimum atomic E-state index is -0.565. The molecule has 2 unspecified atom stereocenters. The number of amides is 2. The van der Waals surface area contributed by atoms with Crippen molar-refractivity contribution in [2.75, 3.05) is 13.2 Å². The molecule has 1 heterocycles. The SMILES string of the molecule is CC1CC(=O)NC(Cc2ccccc2)C(=O)N1CCCF. The third-order valence-corrected chi connectivity index (χ3v) is 3.74. The van der Waals surface area contributed by atoms with Crippen LogP contribution in [0.5, 0.6) is 0 Å². The van der Waals surface area contributed by atoms with Crippen molar-refractivity contribution < 1.29 is 14.0 Å². The van der Waals surface area contributed by atoms with Gasteiger partial charge in [0.15, 0.2) is 0 Å². The maximum atomic E-state index is 12.6. The number of hydrogen-bond acceptors (Lipinski definition) is 2. The molecule has 1 saturated heterocycles. The lowest BCUT2D eigenvalue weighted by Crippen LogP contribution is -2.47. The van der Waals surface area contributed by atoms with E-state index in [9.17, 15) is 14.0 Å². The van der Waals surface area contributed by atoms with E-state index in [4.69, 9.17) is 0 Å². The number of benzene rings is 1. The molecule has 0 spiro atoms. The Bertz CT molecular complexity index is 492. The number of nitrogens with zero attached hydrogens (tertiary/aromatic N) is 1. The van der Waals surface area contributed by atoms with Gasteiger partial charge in [0.25, 0.3) is 0 Å². The van der Waals surface area contributed by atoms with Crippen molar-refractivity contribution in [1.29, 1.82) is 0 Å². The van der Waals surface area contributed by atoms with Gasteiger partial charge < -0.3 is 10.2 Å². The number of alkyl halides is 1. The zero-order valence-corrected chi connectivity index (χ0v) is 12.2. The summed E-state index contributed by atoms with van der Waals surface area (Å²) in [5, 5.41) is 2.79. The third-order valence-electron chi connectivity index (χ3n) is 3.74. The highest BCUT2D eigenvalue weighted by Crippen LogP contribution is 2.15. The van der Waals surface area contributed by atoms with Gasteiger partial charge in [-0.05, 0) is 18.9 Å². The van der Waals surface area contributed by atoms with Crippen molar-refractivity contribution in [2.45, 2.75) is 38.3 Å². The molecule has 1 fully saturated rings. The first-order valence-electron chi connectivity index (χ1n) is 7.31. The van der Waals surface area contributed by atoms with E-state index >= 15 is 0 Å². The van der Waals surface area contributed by atoms with Gasteiger partial charge in [-0.3, -0.25) is 14.0 Å². The van der Waals surface area contributed by atoms with Crippen molar-refractivity contribution in [2.24, 2.45) is 0 Å². The molecule has 1 aliphatic heterocycles. The van der Waals surface area contributed by atoms with Crippen LogP contribution < -0.4 is 5.32 Å². The number of hydrogen-bond donors (Lipinski definition) is 1. The third kappa shape index (κ3) is 4.03. The zero-order chi connectivity index (χ0) is 15.2. The Morgan fingerprint density at radius 2 is 2.00 bits per heavy atom.